The molecule has 0 bridgehead atoms. The molecule has 0 saturated heterocycles. The van der Waals surface area contributed by atoms with E-state index in [2.05, 4.69) is 56.1 Å². The minimum absolute atomic E-state index is 0.00656. The van der Waals surface area contributed by atoms with E-state index in [9.17, 15) is 9.59 Å². The molecule has 6 nitrogen and oxygen atoms in total. The van der Waals surface area contributed by atoms with Gasteiger partial charge in [0.2, 0.25) is 5.91 Å². The van der Waals surface area contributed by atoms with Crippen LogP contribution >= 0.6 is 15.9 Å². The van der Waals surface area contributed by atoms with Gasteiger partial charge < -0.3 is 9.80 Å². The number of carbonyl (C=O) groups excluding carboxylic acids is 2. The second-order valence-corrected chi connectivity index (χ2v) is 10.9. The molecule has 5 rings (SSSR count). The number of hydrogen-bond donors (Lipinski definition) is 0. The van der Waals surface area contributed by atoms with Crippen LogP contribution in [0.4, 0.5) is 5.69 Å². The van der Waals surface area contributed by atoms with Crippen molar-refractivity contribution >= 4 is 33.4 Å². The molecule has 0 atom stereocenters. The smallest absolute Gasteiger partial charge is 0.255 e. The third kappa shape index (κ3) is 6.66. The normalized spacial score (nSPS) is 14.8. The maximum absolute atomic E-state index is 14.0. The van der Waals surface area contributed by atoms with Crippen LogP contribution in [0.2, 0.25) is 0 Å². The van der Waals surface area contributed by atoms with E-state index in [4.69, 9.17) is 0 Å². The molecule has 0 radical (unpaired) electrons. The fraction of sp³-hybridized carbons (Fsp3) is 0.242. The van der Waals surface area contributed by atoms with E-state index in [1.54, 1.807) is 13.1 Å². The maximum atomic E-state index is 14.0. The van der Waals surface area contributed by atoms with Gasteiger partial charge in [-0.1, -0.05) is 54.6 Å². The first-order chi connectivity index (χ1) is 19.5. The molecule has 1 aromatic heterocycles. The Morgan fingerprint density at radius 2 is 1.65 bits per heavy atom. The van der Waals surface area contributed by atoms with Gasteiger partial charge in [0.15, 0.2) is 0 Å². The van der Waals surface area contributed by atoms with Crippen molar-refractivity contribution in [2.75, 3.05) is 31.1 Å². The quantitative estimate of drug-likeness (QED) is 0.273. The lowest BCUT2D eigenvalue weighted by Gasteiger charge is -2.29. The van der Waals surface area contributed by atoms with Gasteiger partial charge in [0, 0.05) is 68.7 Å². The molecule has 204 valence electrons. The van der Waals surface area contributed by atoms with Crippen LogP contribution in [0.3, 0.4) is 0 Å². The summed E-state index contributed by atoms with van der Waals surface area (Å²) in [5.74, 6) is -0.0496. The van der Waals surface area contributed by atoms with Gasteiger partial charge in [0.05, 0.1) is 5.56 Å². The molecule has 0 spiro atoms. The van der Waals surface area contributed by atoms with Crippen molar-refractivity contribution in [2.24, 2.45) is 0 Å². The van der Waals surface area contributed by atoms with E-state index in [1.165, 1.54) is 5.56 Å². The van der Waals surface area contributed by atoms with Gasteiger partial charge >= 0.3 is 0 Å². The zero-order valence-corrected chi connectivity index (χ0v) is 24.3. The molecule has 2 heterocycles. The van der Waals surface area contributed by atoms with E-state index >= 15 is 0 Å². The third-order valence-electron chi connectivity index (χ3n) is 7.29. The number of carbonyl (C=O) groups is 2. The highest BCUT2D eigenvalue weighted by Gasteiger charge is 2.24. The first-order valence-corrected chi connectivity index (χ1v) is 14.4. The fourth-order valence-electron chi connectivity index (χ4n) is 5.23. The van der Waals surface area contributed by atoms with Crippen LogP contribution in [0.15, 0.2) is 102 Å². The molecular weight excluding hydrogens is 564 g/mol. The van der Waals surface area contributed by atoms with Crippen LogP contribution in [0.5, 0.6) is 0 Å². The van der Waals surface area contributed by atoms with Crippen LogP contribution in [0.25, 0.3) is 11.1 Å². The minimum Gasteiger partial charge on any atom is -0.333 e. The number of aromatic nitrogens is 1. The molecule has 1 aliphatic heterocycles. The zero-order chi connectivity index (χ0) is 27.9. The molecule has 3 aromatic carbocycles. The number of nitrogens with zero attached hydrogens (tertiary/aromatic N) is 4. The topological polar surface area (TPSA) is 56.8 Å². The average molecular weight is 598 g/mol. The van der Waals surface area contributed by atoms with E-state index in [1.807, 2.05) is 70.6 Å². The summed E-state index contributed by atoms with van der Waals surface area (Å²) in [7, 11) is 0. The number of benzene rings is 3. The van der Waals surface area contributed by atoms with Gasteiger partial charge in [-0.25, -0.2) is 0 Å². The SMILES string of the molecule is CC(=O)N1CCCN(Cc2ccccc2)CCN(C(=O)c2ccccc2Br)Cc2cc(-c3cccnc3)ccc21. The predicted molar refractivity (Wildman–Crippen MR) is 163 cm³/mol. The van der Waals surface area contributed by atoms with E-state index in [-0.39, 0.29) is 11.8 Å². The maximum Gasteiger partial charge on any atom is 0.255 e. The first kappa shape index (κ1) is 27.7. The van der Waals surface area contributed by atoms with Crippen molar-refractivity contribution in [1.82, 2.24) is 14.8 Å². The van der Waals surface area contributed by atoms with Gasteiger partial charge in [0.1, 0.15) is 0 Å². The Bertz CT molecular complexity index is 1460. The lowest BCUT2D eigenvalue weighted by atomic mass is 10.0. The Balaban J connectivity index is 1.55. The number of amides is 2. The van der Waals surface area contributed by atoms with Crippen LogP contribution < -0.4 is 4.90 Å². The number of anilines is 1. The predicted octanol–water partition coefficient (Wildman–Crippen LogP) is 6.41. The van der Waals surface area contributed by atoms with Crippen molar-refractivity contribution in [3.63, 3.8) is 0 Å². The first-order valence-electron chi connectivity index (χ1n) is 13.6. The van der Waals surface area contributed by atoms with Crippen LogP contribution in [-0.2, 0) is 17.9 Å². The summed E-state index contributed by atoms with van der Waals surface area (Å²) in [6, 6.07) is 28.0. The standard InChI is InChI=1S/C33H33BrN4O2/c1-25(39)38-18-8-17-36(23-26-9-3-2-4-10-26)19-20-37(33(40)30-12-5-6-13-31(30)34)24-29-21-27(14-15-32(29)38)28-11-7-16-35-22-28/h2-7,9-16,21-22H,8,17-20,23-24H2,1H3. The molecule has 1 aliphatic rings. The summed E-state index contributed by atoms with van der Waals surface area (Å²) in [6.45, 7) is 5.50. The fourth-order valence-corrected chi connectivity index (χ4v) is 5.68. The lowest BCUT2D eigenvalue weighted by molar-refractivity contribution is -0.116. The third-order valence-corrected chi connectivity index (χ3v) is 7.98. The van der Waals surface area contributed by atoms with Crippen molar-refractivity contribution in [1.29, 1.82) is 0 Å². The molecule has 7 heteroatoms. The van der Waals surface area contributed by atoms with Crippen molar-refractivity contribution < 1.29 is 9.59 Å². The summed E-state index contributed by atoms with van der Waals surface area (Å²) in [6.07, 6.45) is 4.42. The molecule has 0 fully saturated rings. The Morgan fingerprint density at radius 3 is 2.40 bits per heavy atom. The highest BCUT2D eigenvalue weighted by atomic mass is 79.9. The zero-order valence-electron chi connectivity index (χ0n) is 22.7. The summed E-state index contributed by atoms with van der Waals surface area (Å²) in [5.41, 5.74) is 5.64. The average Bonchev–Trinajstić information content (AvgIpc) is 3.01. The lowest BCUT2D eigenvalue weighted by Crippen LogP contribution is -2.38. The summed E-state index contributed by atoms with van der Waals surface area (Å²) >= 11 is 3.58. The molecule has 0 aliphatic carbocycles. The van der Waals surface area contributed by atoms with E-state index in [0.29, 0.717) is 25.2 Å². The number of hydrogen-bond acceptors (Lipinski definition) is 4. The Labute approximate surface area is 244 Å². The highest BCUT2D eigenvalue weighted by molar-refractivity contribution is 9.10. The highest BCUT2D eigenvalue weighted by Crippen LogP contribution is 2.30. The van der Waals surface area contributed by atoms with Gasteiger partial charge in [-0.2, -0.15) is 0 Å². The Kier molecular flexibility index (Phi) is 9.04. The summed E-state index contributed by atoms with van der Waals surface area (Å²) in [5, 5.41) is 0. The van der Waals surface area contributed by atoms with Crippen molar-refractivity contribution in [3.8, 4) is 11.1 Å². The summed E-state index contributed by atoms with van der Waals surface area (Å²) < 4.78 is 0.769. The van der Waals surface area contributed by atoms with Crippen LogP contribution in [-0.4, -0.2) is 52.8 Å². The van der Waals surface area contributed by atoms with E-state index in [0.717, 1.165) is 52.9 Å². The number of fused-ring (bicyclic) bond motifs is 1. The molecule has 0 saturated carbocycles. The number of rotatable bonds is 4. The molecule has 2 amide bonds. The van der Waals surface area contributed by atoms with E-state index < -0.39 is 0 Å². The second-order valence-electron chi connectivity index (χ2n) is 10.1. The van der Waals surface area contributed by atoms with Gasteiger partial charge in [-0.3, -0.25) is 19.5 Å². The Hall–Kier alpha value is -3.81. The summed E-state index contributed by atoms with van der Waals surface area (Å²) in [4.78, 5) is 37.4. The monoisotopic (exact) mass is 596 g/mol. The van der Waals surface area contributed by atoms with Gasteiger partial charge in [-0.05, 0) is 74.9 Å². The molecule has 40 heavy (non-hydrogen) atoms. The van der Waals surface area contributed by atoms with Crippen LogP contribution in [0, 0.1) is 0 Å². The Morgan fingerprint density at radius 1 is 0.850 bits per heavy atom. The minimum atomic E-state index is -0.0431. The van der Waals surface area contributed by atoms with Gasteiger partial charge in [-0.15, -0.1) is 0 Å². The van der Waals surface area contributed by atoms with Gasteiger partial charge in [0.25, 0.3) is 5.91 Å². The van der Waals surface area contributed by atoms with Crippen molar-refractivity contribution in [2.45, 2.75) is 26.4 Å². The largest absolute Gasteiger partial charge is 0.333 e. The second kappa shape index (κ2) is 13.0. The molecule has 0 unspecified atom stereocenters. The number of pyridine rings is 1. The van der Waals surface area contributed by atoms with Crippen molar-refractivity contribution in [3.05, 3.63) is 118 Å². The molecule has 4 aromatic rings. The van der Waals surface area contributed by atoms with Crippen LogP contribution in [0.1, 0.15) is 34.8 Å². The number of halogens is 1. The molecular formula is C33H33BrN4O2. The molecule has 0 N–H and O–H groups in total.